The molecule has 1 unspecified atom stereocenters. The molecule has 1 atom stereocenters. The summed E-state index contributed by atoms with van der Waals surface area (Å²) in [6.45, 7) is 6.34. The van der Waals surface area contributed by atoms with E-state index in [1.807, 2.05) is 12.3 Å². The van der Waals surface area contributed by atoms with E-state index in [0.29, 0.717) is 24.5 Å². The zero-order valence-electron chi connectivity index (χ0n) is 10.5. The fourth-order valence-corrected chi connectivity index (χ4v) is 1.58. The van der Waals surface area contributed by atoms with E-state index in [-0.39, 0.29) is 0 Å². The lowest BCUT2D eigenvalue weighted by molar-refractivity contribution is -0.119. The number of rotatable bonds is 6. The highest BCUT2D eigenvalue weighted by molar-refractivity contribution is 5.80. The fraction of sp³-hybridized carbons (Fsp3) is 0.571. The predicted octanol–water partition coefficient (Wildman–Crippen LogP) is 3.19. The third-order valence-corrected chi connectivity index (χ3v) is 2.95. The van der Waals surface area contributed by atoms with Gasteiger partial charge in [0.2, 0.25) is 0 Å². The van der Waals surface area contributed by atoms with Crippen molar-refractivity contribution in [3.63, 3.8) is 0 Å². The van der Waals surface area contributed by atoms with E-state index in [0.717, 1.165) is 18.5 Å². The maximum absolute atomic E-state index is 11.7. The van der Waals surface area contributed by atoms with Gasteiger partial charge in [-0.2, -0.15) is 0 Å². The van der Waals surface area contributed by atoms with Crippen LogP contribution in [0, 0.1) is 5.92 Å². The standard InChI is InChI=1S/C14H21NO/c1-4-11(3)8-14(16)9-13-7-6-12(5-2)10-15-13/h6-7,10-11H,4-5,8-9H2,1-3H3. The number of carbonyl (C=O) groups excluding carboxylic acids is 1. The minimum Gasteiger partial charge on any atom is -0.299 e. The van der Waals surface area contributed by atoms with Crippen LogP contribution in [0.1, 0.15) is 44.9 Å². The molecule has 2 heteroatoms. The molecule has 1 heterocycles. The van der Waals surface area contributed by atoms with E-state index in [9.17, 15) is 4.79 Å². The van der Waals surface area contributed by atoms with Crippen LogP contribution in [0.2, 0.25) is 0 Å². The van der Waals surface area contributed by atoms with Gasteiger partial charge in [-0.3, -0.25) is 9.78 Å². The van der Waals surface area contributed by atoms with Gasteiger partial charge in [0.25, 0.3) is 0 Å². The molecule has 0 aliphatic rings. The summed E-state index contributed by atoms with van der Waals surface area (Å²) < 4.78 is 0. The number of nitrogens with zero attached hydrogens (tertiary/aromatic N) is 1. The summed E-state index contributed by atoms with van der Waals surface area (Å²) in [5, 5.41) is 0. The van der Waals surface area contributed by atoms with Crippen LogP contribution in [0.25, 0.3) is 0 Å². The maximum Gasteiger partial charge on any atom is 0.139 e. The van der Waals surface area contributed by atoms with Crippen LogP contribution in [0.4, 0.5) is 0 Å². The number of pyridine rings is 1. The van der Waals surface area contributed by atoms with Crippen molar-refractivity contribution in [3.8, 4) is 0 Å². The van der Waals surface area contributed by atoms with E-state index in [1.165, 1.54) is 5.56 Å². The Morgan fingerprint density at radius 2 is 2.12 bits per heavy atom. The van der Waals surface area contributed by atoms with E-state index in [2.05, 4.69) is 31.8 Å². The average Bonchev–Trinajstić information content (AvgIpc) is 2.29. The lowest BCUT2D eigenvalue weighted by atomic mass is 9.99. The van der Waals surface area contributed by atoms with E-state index >= 15 is 0 Å². The molecule has 1 aromatic rings. The summed E-state index contributed by atoms with van der Waals surface area (Å²) in [5.41, 5.74) is 2.11. The van der Waals surface area contributed by atoms with Gasteiger partial charge in [-0.15, -0.1) is 0 Å². The summed E-state index contributed by atoms with van der Waals surface area (Å²) in [5.74, 6) is 0.786. The van der Waals surface area contributed by atoms with Gasteiger partial charge in [0.05, 0.1) is 0 Å². The second-order valence-corrected chi connectivity index (χ2v) is 4.44. The molecule has 16 heavy (non-hydrogen) atoms. The largest absolute Gasteiger partial charge is 0.299 e. The first-order valence-electron chi connectivity index (χ1n) is 6.11. The highest BCUT2D eigenvalue weighted by Gasteiger charge is 2.08. The van der Waals surface area contributed by atoms with E-state index < -0.39 is 0 Å². The Balaban J connectivity index is 2.49. The number of aromatic nitrogens is 1. The van der Waals surface area contributed by atoms with Gasteiger partial charge in [0, 0.05) is 24.7 Å². The lowest BCUT2D eigenvalue weighted by Gasteiger charge is -2.06. The Bertz CT molecular complexity index is 329. The Labute approximate surface area is 98.1 Å². The number of ketones is 1. The molecule has 0 bridgehead atoms. The van der Waals surface area contributed by atoms with Crippen LogP contribution >= 0.6 is 0 Å². The third kappa shape index (κ3) is 4.13. The molecular formula is C14H21NO. The Morgan fingerprint density at radius 3 is 2.62 bits per heavy atom. The molecule has 0 amide bonds. The van der Waals surface area contributed by atoms with Crippen LogP contribution < -0.4 is 0 Å². The van der Waals surface area contributed by atoms with Crippen LogP contribution in [0.5, 0.6) is 0 Å². The fourth-order valence-electron chi connectivity index (χ4n) is 1.58. The molecular weight excluding hydrogens is 198 g/mol. The van der Waals surface area contributed by atoms with Gasteiger partial charge in [0.1, 0.15) is 5.78 Å². The van der Waals surface area contributed by atoms with Gasteiger partial charge in [-0.1, -0.05) is 33.3 Å². The van der Waals surface area contributed by atoms with Crippen molar-refractivity contribution >= 4 is 5.78 Å². The first kappa shape index (κ1) is 12.9. The zero-order valence-corrected chi connectivity index (χ0v) is 10.5. The van der Waals surface area contributed by atoms with Gasteiger partial charge in [-0.05, 0) is 24.0 Å². The SMILES string of the molecule is CCc1ccc(CC(=O)CC(C)CC)nc1. The summed E-state index contributed by atoms with van der Waals surface area (Å²) in [6.07, 6.45) is 5.08. The number of hydrogen-bond acceptors (Lipinski definition) is 2. The highest BCUT2D eigenvalue weighted by Crippen LogP contribution is 2.09. The molecule has 1 rings (SSSR count). The Morgan fingerprint density at radius 1 is 1.38 bits per heavy atom. The third-order valence-electron chi connectivity index (χ3n) is 2.95. The second-order valence-electron chi connectivity index (χ2n) is 4.44. The van der Waals surface area contributed by atoms with Gasteiger partial charge < -0.3 is 0 Å². The molecule has 0 saturated heterocycles. The van der Waals surface area contributed by atoms with Crippen LogP contribution in [-0.4, -0.2) is 10.8 Å². The smallest absolute Gasteiger partial charge is 0.139 e. The molecule has 1 aromatic heterocycles. The zero-order chi connectivity index (χ0) is 12.0. The molecule has 0 aromatic carbocycles. The molecule has 0 aliphatic carbocycles. The summed E-state index contributed by atoms with van der Waals surface area (Å²) >= 11 is 0. The molecule has 88 valence electrons. The predicted molar refractivity (Wildman–Crippen MR) is 66.4 cm³/mol. The quantitative estimate of drug-likeness (QED) is 0.735. The topological polar surface area (TPSA) is 30.0 Å². The van der Waals surface area contributed by atoms with Crippen molar-refractivity contribution < 1.29 is 4.79 Å². The number of carbonyl (C=O) groups is 1. The van der Waals surface area contributed by atoms with Gasteiger partial charge >= 0.3 is 0 Å². The van der Waals surface area contributed by atoms with Crippen LogP contribution in [-0.2, 0) is 17.6 Å². The monoisotopic (exact) mass is 219 g/mol. The molecule has 0 aliphatic heterocycles. The van der Waals surface area contributed by atoms with E-state index in [1.54, 1.807) is 0 Å². The normalized spacial score (nSPS) is 12.4. The summed E-state index contributed by atoms with van der Waals surface area (Å²) in [6, 6.07) is 4.02. The molecule has 0 N–H and O–H groups in total. The second kappa shape index (κ2) is 6.41. The van der Waals surface area contributed by atoms with Crippen molar-refractivity contribution in [2.75, 3.05) is 0 Å². The number of aryl methyl sites for hydroxylation is 1. The number of hydrogen-bond donors (Lipinski definition) is 0. The van der Waals surface area contributed by atoms with Crippen molar-refractivity contribution in [1.82, 2.24) is 4.98 Å². The van der Waals surface area contributed by atoms with Crippen molar-refractivity contribution in [2.45, 2.75) is 46.5 Å². The summed E-state index contributed by atoms with van der Waals surface area (Å²) in [4.78, 5) is 16.0. The lowest BCUT2D eigenvalue weighted by Crippen LogP contribution is -2.08. The summed E-state index contributed by atoms with van der Waals surface area (Å²) in [7, 11) is 0. The molecule has 0 radical (unpaired) electrons. The maximum atomic E-state index is 11.7. The molecule has 0 fully saturated rings. The molecule has 0 saturated carbocycles. The van der Waals surface area contributed by atoms with Crippen molar-refractivity contribution in [1.29, 1.82) is 0 Å². The minimum absolute atomic E-state index is 0.297. The van der Waals surface area contributed by atoms with Crippen molar-refractivity contribution in [2.24, 2.45) is 5.92 Å². The first-order chi connectivity index (χ1) is 7.65. The number of Topliss-reactive ketones (excluding diaryl/α,β-unsaturated/α-hetero) is 1. The first-order valence-corrected chi connectivity index (χ1v) is 6.11. The van der Waals surface area contributed by atoms with Crippen LogP contribution in [0.3, 0.4) is 0 Å². The Hall–Kier alpha value is -1.18. The van der Waals surface area contributed by atoms with Gasteiger partial charge in [0.15, 0.2) is 0 Å². The molecule has 0 spiro atoms. The highest BCUT2D eigenvalue weighted by atomic mass is 16.1. The van der Waals surface area contributed by atoms with Gasteiger partial charge in [-0.25, -0.2) is 0 Å². The Kier molecular flexibility index (Phi) is 5.17. The minimum atomic E-state index is 0.297. The van der Waals surface area contributed by atoms with Crippen LogP contribution in [0.15, 0.2) is 18.3 Å². The van der Waals surface area contributed by atoms with Crippen molar-refractivity contribution in [3.05, 3.63) is 29.6 Å². The molecule has 2 nitrogen and oxygen atoms in total. The average molecular weight is 219 g/mol. The van der Waals surface area contributed by atoms with E-state index in [4.69, 9.17) is 0 Å².